The Hall–Kier alpha value is -2.93. The Kier molecular flexibility index (Phi) is 5.18. The van der Waals surface area contributed by atoms with Crippen LogP contribution in [0.1, 0.15) is 18.4 Å². The monoisotopic (exact) mass is 355 g/mol. The smallest absolute Gasteiger partial charge is 0.270 e. The number of nitro benzene ring substituents is 1. The number of nitrogens with two attached hydrogens (primary N) is 1. The maximum Gasteiger partial charge on any atom is 0.270 e. The van der Waals surface area contributed by atoms with E-state index in [9.17, 15) is 14.9 Å². The largest absolute Gasteiger partial charge is 0.496 e. The van der Waals surface area contributed by atoms with Crippen LogP contribution in [0, 0.1) is 10.1 Å². The minimum absolute atomic E-state index is 0.0212. The van der Waals surface area contributed by atoms with Gasteiger partial charge in [0.2, 0.25) is 5.91 Å². The van der Waals surface area contributed by atoms with E-state index in [0.29, 0.717) is 30.8 Å². The molecule has 2 N–H and O–H groups in total. The maximum atomic E-state index is 12.1. The molecule has 1 fully saturated rings. The number of likely N-dealkylation sites (tertiary alicyclic amines) is 1. The Balaban J connectivity index is 1.95. The molecular formula is C19H21N3O4. The number of rotatable bonds is 6. The summed E-state index contributed by atoms with van der Waals surface area (Å²) < 4.78 is 5.42. The zero-order valence-corrected chi connectivity index (χ0v) is 14.6. The quantitative estimate of drug-likeness (QED) is 0.634. The first kappa shape index (κ1) is 17.9. The third-order valence-corrected chi connectivity index (χ3v) is 4.71. The fourth-order valence-corrected chi connectivity index (χ4v) is 3.32. The number of carbonyl (C=O) groups is 1. The van der Waals surface area contributed by atoms with Gasteiger partial charge in [-0.2, -0.15) is 0 Å². The van der Waals surface area contributed by atoms with Crippen molar-refractivity contribution in [2.75, 3.05) is 13.7 Å². The van der Waals surface area contributed by atoms with E-state index in [1.807, 2.05) is 18.2 Å². The van der Waals surface area contributed by atoms with Crippen LogP contribution in [0.3, 0.4) is 0 Å². The summed E-state index contributed by atoms with van der Waals surface area (Å²) in [4.78, 5) is 24.6. The summed E-state index contributed by atoms with van der Waals surface area (Å²) in [6.45, 7) is 0.909. The molecule has 1 aliphatic heterocycles. The third-order valence-electron chi connectivity index (χ3n) is 4.71. The van der Waals surface area contributed by atoms with E-state index >= 15 is 0 Å². The number of benzene rings is 2. The summed E-state index contributed by atoms with van der Waals surface area (Å²) >= 11 is 0. The highest BCUT2D eigenvalue weighted by Crippen LogP contribution is 2.33. The van der Waals surface area contributed by atoms with Crippen LogP contribution in [0.25, 0.3) is 11.1 Å². The van der Waals surface area contributed by atoms with E-state index in [2.05, 4.69) is 0 Å². The van der Waals surface area contributed by atoms with Gasteiger partial charge >= 0.3 is 0 Å². The van der Waals surface area contributed by atoms with Crippen molar-refractivity contribution in [3.05, 3.63) is 58.1 Å². The van der Waals surface area contributed by atoms with Gasteiger partial charge in [0.05, 0.1) is 12.0 Å². The zero-order chi connectivity index (χ0) is 18.7. The standard InChI is InChI=1S/C19H21N3O4/c1-26-18-7-5-13(12-21-16(11-20)6-8-19(21)23)9-17(18)14-3-2-4-15(10-14)22(24)25/h2-5,7,9-10,16H,6,8,11-12,20H2,1H3/t16-/m1/s1. The first-order chi connectivity index (χ1) is 12.5. The summed E-state index contributed by atoms with van der Waals surface area (Å²) in [7, 11) is 1.56. The van der Waals surface area contributed by atoms with E-state index in [0.717, 1.165) is 17.5 Å². The van der Waals surface area contributed by atoms with Crippen LogP contribution < -0.4 is 10.5 Å². The van der Waals surface area contributed by atoms with E-state index in [1.165, 1.54) is 12.1 Å². The van der Waals surface area contributed by atoms with Crippen LogP contribution >= 0.6 is 0 Å². The van der Waals surface area contributed by atoms with Crippen molar-refractivity contribution in [2.45, 2.75) is 25.4 Å². The first-order valence-corrected chi connectivity index (χ1v) is 8.44. The van der Waals surface area contributed by atoms with Crippen LogP contribution in [0.15, 0.2) is 42.5 Å². The van der Waals surface area contributed by atoms with Crippen molar-refractivity contribution in [3.8, 4) is 16.9 Å². The second-order valence-electron chi connectivity index (χ2n) is 6.29. The van der Waals surface area contributed by atoms with Gasteiger partial charge < -0.3 is 15.4 Å². The molecule has 2 aromatic carbocycles. The number of nitro groups is 1. The molecule has 136 valence electrons. The van der Waals surface area contributed by atoms with Crippen molar-refractivity contribution >= 4 is 11.6 Å². The zero-order valence-electron chi connectivity index (χ0n) is 14.6. The highest BCUT2D eigenvalue weighted by molar-refractivity contribution is 5.79. The summed E-state index contributed by atoms with van der Waals surface area (Å²) in [5.74, 6) is 0.727. The van der Waals surface area contributed by atoms with E-state index in [1.54, 1.807) is 24.1 Å². The minimum Gasteiger partial charge on any atom is -0.496 e. The Morgan fingerprint density at radius 3 is 2.81 bits per heavy atom. The average molecular weight is 355 g/mol. The van der Waals surface area contributed by atoms with Crippen LogP contribution in [-0.4, -0.2) is 35.4 Å². The lowest BCUT2D eigenvalue weighted by Gasteiger charge is -2.24. The summed E-state index contributed by atoms with van der Waals surface area (Å²) in [5.41, 5.74) is 8.18. The van der Waals surface area contributed by atoms with E-state index in [4.69, 9.17) is 10.5 Å². The lowest BCUT2D eigenvalue weighted by molar-refractivity contribution is -0.384. The SMILES string of the molecule is COc1ccc(CN2C(=O)CC[C@@H]2CN)cc1-c1cccc([N+](=O)[O-])c1. The van der Waals surface area contributed by atoms with Gasteiger partial charge in [0.1, 0.15) is 5.75 Å². The fraction of sp³-hybridized carbons (Fsp3) is 0.316. The molecule has 0 bridgehead atoms. The van der Waals surface area contributed by atoms with Gasteiger partial charge in [0.15, 0.2) is 0 Å². The number of non-ortho nitro benzene ring substituents is 1. The van der Waals surface area contributed by atoms with Gasteiger partial charge in [-0.05, 0) is 29.7 Å². The summed E-state index contributed by atoms with van der Waals surface area (Å²) in [6, 6.07) is 12.1. The summed E-state index contributed by atoms with van der Waals surface area (Å²) in [5, 5.41) is 11.1. The molecule has 1 aliphatic rings. The lowest BCUT2D eigenvalue weighted by atomic mass is 10.0. The van der Waals surface area contributed by atoms with Crippen molar-refractivity contribution < 1.29 is 14.5 Å². The Morgan fingerprint density at radius 2 is 2.12 bits per heavy atom. The Bertz CT molecular complexity index is 837. The number of methoxy groups -OCH3 is 1. The molecule has 2 aromatic rings. The third kappa shape index (κ3) is 3.52. The molecule has 0 spiro atoms. The second kappa shape index (κ2) is 7.53. The predicted octanol–water partition coefficient (Wildman–Crippen LogP) is 2.72. The van der Waals surface area contributed by atoms with Gasteiger partial charge in [-0.3, -0.25) is 14.9 Å². The van der Waals surface area contributed by atoms with E-state index in [-0.39, 0.29) is 17.6 Å². The maximum absolute atomic E-state index is 12.1. The molecule has 3 rings (SSSR count). The number of hydrogen-bond donors (Lipinski definition) is 1. The topological polar surface area (TPSA) is 98.7 Å². The highest BCUT2D eigenvalue weighted by Gasteiger charge is 2.29. The molecule has 1 saturated heterocycles. The van der Waals surface area contributed by atoms with Gasteiger partial charge in [-0.25, -0.2) is 0 Å². The highest BCUT2D eigenvalue weighted by atomic mass is 16.6. The minimum atomic E-state index is -0.422. The Morgan fingerprint density at radius 1 is 1.31 bits per heavy atom. The van der Waals surface area contributed by atoms with Crippen molar-refractivity contribution in [2.24, 2.45) is 5.73 Å². The normalized spacial score (nSPS) is 16.8. The molecule has 0 saturated carbocycles. The molecule has 0 unspecified atom stereocenters. The first-order valence-electron chi connectivity index (χ1n) is 8.44. The molecule has 7 nitrogen and oxygen atoms in total. The average Bonchev–Trinajstić information content (AvgIpc) is 3.01. The molecule has 0 aliphatic carbocycles. The van der Waals surface area contributed by atoms with Gasteiger partial charge in [-0.15, -0.1) is 0 Å². The molecular weight excluding hydrogens is 334 g/mol. The summed E-state index contributed by atoms with van der Waals surface area (Å²) in [6.07, 6.45) is 1.30. The molecule has 1 atom stereocenters. The number of hydrogen-bond acceptors (Lipinski definition) is 5. The lowest BCUT2D eigenvalue weighted by Crippen LogP contribution is -2.37. The van der Waals surface area contributed by atoms with Gasteiger partial charge in [0.25, 0.3) is 5.69 Å². The van der Waals surface area contributed by atoms with E-state index < -0.39 is 4.92 Å². The Labute approximate surface area is 151 Å². The molecule has 7 heteroatoms. The number of amides is 1. The number of nitrogens with zero attached hydrogens (tertiary/aromatic N) is 2. The fourth-order valence-electron chi connectivity index (χ4n) is 3.32. The number of carbonyl (C=O) groups excluding carboxylic acids is 1. The van der Waals surface area contributed by atoms with Crippen LogP contribution in [0.4, 0.5) is 5.69 Å². The van der Waals surface area contributed by atoms with Crippen molar-refractivity contribution in [1.82, 2.24) is 4.90 Å². The van der Waals surface area contributed by atoms with Crippen molar-refractivity contribution in [3.63, 3.8) is 0 Å². The molecule has 1 amide bonds. The second-order valence-corrected chi connectivity index (χ2v) is 6.29. The molecule has 1 heterocycles. The molecule has 0 aromatic heterocycles. The molecule has 0 radical (unpaired) electrons. The van der Waals surface area contributed by atoms with Gasteiger partial charge in [-0.1, -0.05) is 18.2 Å². The van der Waals surface area contributed by atoms with Crippen LogP contribution in [0.2, 0.25) is 0 Å². The number of ether oxygens (including phenoxy) is 1. The van der Waals surface area contributed by atoms with Crippen molar-refractivity contribution in [1.29, 1.82) is 0 Å². The van der Waals surface area contributed by atoms with Crippen LogP contribution in [-0.2, 0) is 11.3 Å². The molecule has 26 heavy (non-hydrogen) atoms. The van der Waals surface area contributed by atoms with Crippen LogP contribution in [0.5, 0.6) is 5.75 Å². The predicted molar refractivity (Wildman–Crippen MR) is 97.7 cm³/mol. The van der Waals surface area contributed by atoms with Gasteiger partial charge in [0, 0.05) is 43.2 Å².